The van der Waals surface area contributed by atoms with Gasteiger partial charge in [-0.15, -0.1) is 0 Å². The van der Waals surface area contributed by atoms with E-state index >= 15 is 0 Å². The van der Waals surface area contributed by atoms with Crippen LogP contribution in [-0.4, -0.2) is 16.9 Å². The molecule has 3 nitrogen and oxygen atoms in total. The molecule has 0 aliphatic rings. The summed E-state index contributed by atoms with van der Waals surface area (Å²) in [6.07, 6.45) is 1.91. The number of ketones is 1. The van der Waals surface area contributed by atoms with Crippen molar-refractivity contribution in [1.29, 1.82) is 0 Å². The van der Waals surface area contributed by atoms with Gasteiger partial charge in [0.05, 0.1) is 0 Å². The molecule has 1 N–H and O–H groups in total. The number of carboxylic acids is 1. The van der Waals surface area contributed by atoms with E-state index in [0.717, 1.165) is 27.4 Å². The van der Waals surface area contributed by atoms with Crippen LogP contribution >= 0.6 is 15.9 Å². The van der Waals surface area contributed by atoms with Gasteiger partial charge in [0.25, 0.3) is 0 Å². The summed E-state index contributed by atoms with van der Waals surface area (Å²) in [5.41, 5.74) is 0.492. The first-order valence-corrected chi connectivity index (χ1v) is 6.01. The Labute approximate surface area is 112 Å². The molecular weight excluding hydrogens is 296 g/mol. The molecule has 0 spiro atoms. The maximum absolute atomic E-state index is 11.9. The second-order valence-corrected chi connectivity index (χ2v) is 4.53. The number of carbonyl (C=O) groups excluding carboxylic acids is 1. The summed E-state index contributed by atoms with van der Waals surface area (Å²) in [7, 11) is 0. The highest BCUT2D eigenvalue weighted by atomic mass is 79.9. The molecule has 0 amide bonds. The van der Waals surface area contributed by atoms with Crippen molar-refractivity contribution < 1.29 is 14.7 Å². The standard InChI is InChI=1S/C14H9BrO3/c15-12-6-5-11(13(16)7-8-14(17)18)9-3-1-2-4-10(9)12/h1-8H,(H,17,18). The Bertz CT molecular complexity index is 659. The van der Waals surface area contributed by atoms with Crippen molar-refractivity contribution >= 4 is 38.5 Å². The quantitative estimate of drug-likeness (QED) is 0.698. The Morgan fingerprint density at radius 1 is 1.00 bits per heavy atom. The Hall–Kier alpha value is -1.94. The van der Waals surface area contributed by atoms with E-state index in [-0.39, 0.29) is 5.78 Å². The first-order valence-electron chi connectivity index (χ1n) is 5.22. The van der Waals surface area contributed by atoms with Crippen LogP contribution < -0.4 is 0 Å². The molecule has 0 aromatic heterocycles. The number of hydrogen-bond donors (Lipinski definition) is 1. The molecule has 4 heteroatoms. The van der Waals surface area contributed by atoms with Crippen molar-refractivity contribution in [3.63, 3.8) is 0 Å². The summed E-state index contributed by atoms with van der Waals surface area (Å²) >= 11 is 3.42. The molecule has 0 saturated carbocycles. The van der Waals surface area contributed by atoms with Gasteiger partial charge >= 0.3 is 5.97 Å². The smallest absolute Gasteiger partial charge is 0.328 e. The molecule has 2 aromatic carbocycles. The van der Waals surface area contributed by atoms with Crippen LogP contribution in [0, 0.1) is 0 Å². The Kier molecular flexibility index (Phi) is 3.58. The zero-order valence-electron chi connectivity index (χ0n) is 9.26. The number of rotatable bonds is 3. The SMILES string of the molecule is O=C(O)C=CC(=O)c1ccc(Br)c2ccccc12. The van der Waals surface area contributed by atoms with Crippen molar-refractivity contribution in [3.05, 3.63) is 58.6 Å². The third kappa shape index (κ3) is 2.49. The molecule has 0 saturated heterocycles. The van der Waals surface area contributed by atoms with Crippen LogP contribution in [0.2, 0.25) is 0 Å². The van der Waals surface area contributed by atoms with Crippen LogP contribution in [0.25, 0.3) is 10.8 Å². The van der Waals surface area contributed by atoms with Gasteiger partial charge in [-0.1, -0.05) is 40.2 Å². The van der Waals surface area contributed by atoms with E-state index in [2.05, 4.69) is 15.9 Å². The minimum Gasteiger partial charge on any atom is -0.478 e. The average Bonchev–Trinajstić information content (AvgIpc) is 2.37. The van der Waals surface area contributed by atoms with E-state index in [1.165, 1.54) is 0 Å². The topological polar surface area (TPSA) is 54.4 Å². The highest BCUT2D eigenvalue weighted by Crippen LogP contribution is 2.27. The molecule has 0 fully saturated rings. The highest BCUT2D eigenvalue weighted by molar-refractivity contribution is 9.10. The first-order chi connectivity index (χ1) is 8.59. The second kappa shape index (κ2) is 5.14. The summed E-state index contributed by atoms with van der Waals surface area (Å²) in [4.78, 5) is 22.3. The van der Waals surface area contributed by atoms with Crippen molar-refractivity contribution in [3.8, 4) is 0 Å². The fraction of sp³-hybridized carbons (Fsp3) is 0. The number of allylic oxidation sites excluding steroid dienone is 1. The lowest BCUT2D eigenvalue weighted by Crippen LogP contribution is -1.98. The van der Waals surface area contributed by atoms with E-state index < -0.39 is 5.97 Å². The van der Waals surface area contributed by atoms with Crippen LogP contribution in [0.5, 0.6) is 0 Å². The molecule has 90 valence electrons. The van der Waals surface area contributed by atoms with Gasteiger partial charge in [0.1, 0.15) is 0 Å². The first kappa shape index (κ1) is 12.5. The predicted octanol–water partition coefficient (Wildman–Crippen LogP) is 3.43. The Morgan fingerprint density at radius 2 is 1.67 bits per heavy atom. The number of aliphatic carboxylic acids is 1. The zero-order chi connectivity index (χ0) is 13.1. The van der Waals surface area contributed by atoms with E-state index in [0.29, 0.717) is 5.56 Å². The molecule has 0 radical (unpaired) electrons. The van der Waals surface area contributed by atoms with Crippen LogP contribution in [0.15, 0.2) is 53.0 Å². The molecule has 0 aliphatic heterocycles. The lowest BCUT2D eigenvalue weighted by molar-refractivity contribution is -0.131. The van der Waals surface area contributed by atoms with Crippen molar-refractivity contribution in [2.75, 3.05) is 0 Å². The molecular formula is C14H9BrO3. The number of carbonyl (C=O) groups is 2. The van der Waals surface area contributed by atoms with Gasteiger partial charge in [-0.3, -0.25) is 4.79 Å². The summed E-state index contributed by atoms with van der Waals surface area (Å²) in [6.45, 7) is 0. The van der Waals surface area contributed by atoms with Crippen LogP contribution in [0.3, 0.4) is 0 Å². The molecule has 0 unspecified atom stereocenters. The zero-order valence-corrected chi connectivity index (χ0v) is 10.8. The molecule has 0 heterocycles. The van der Waals surface area contributed by atoms with Gasteiger partial charge in [-0.05, 0) is 29.0 Å². The lowest BCUT2D eigenvalue weighted by atomic mass is 10.0. The van der Waals surface area contributed by atoms with Crippen molar-refractivity contribution in [2.45, 2.75) is 0 Å². The summed E-state index contributed by atoms with van der Waals surface area (Å²) in [5, 5.41) is 10.2. The fourth-order valence-electron chi connectivity index (χ4n) is 1.71. The summed E-state index contributed by atoms with van der Waals surface area (Å²) < 4.78 is 0.900. The Balaban J connectivity index is 2.55. The van der Waals surface area contributed by atoms with Gasteiger partial charge in [0, 0.05) is 16.1 Å². The predicted molar refractivity (Wildman–Crippen MR) is 72.8 cm³/mol. The molecule has 0 aliphatic carbocycles. The van der Waals surface area contributed by atoms with Crippen molar-refractivity contribution in [2.24, 2.45) is 0 Å². The number of halogens is 1. The Morgan fingerprint density at radius 3 is 2.33 bits per heavy atom. The van der Waals surface area contributed by atoms with Gasteiger partial charge in [-0.2, -0.15) is 0 Å². The molecule has 2 rings (SSSR count). The monoisotopic (exact) mass is 304 g/mol. The van der Waals surface area contributed by atoms with E-state index in [1.54, 1.807) is 12.1 Å². The molecule has 0 atom stereocenters. The molecule has 18 heavy (non-hydrogen) atoms. The van der Waals surface area contributed by atoms with Crippen LogP contribution in [-0.2, 0) is 4.79 Å². The van der Waals surface area contributed by atoms with Gasteiger partial charge in [0.2, 0.25) is 0 Å². The van der Waals surface area contributed by atoms with Gasteiger partial charge in [0.15, 0.2) is 5.78 Å². The van der Waals surface area contributed by atoms with Gasteiger partial charge in [-0.25, -0.2) is 4.79 Å². The second-order valence-electron chi connectivity index (χ2n) is 3.68. The summed E-state index contributed by atoms with van der Waals surface area (Å²) in [6, 6.07) is 10.9. The number of carboxylic acid groups (broad SMARTS) is 1. The maximum atomic E-state index is 11.9. The van der Waals surface area contributed by atoms with E-state index in [9.17, 15) is 9.59 Å². The number of hydrogen-bond acceptors (Lipinski definition) is 2. The third-order valence-corrected chi connectivity index (χ3v) is 3.21. The van der Waals surface area contributed by atoms with Crippen LogP contribution in [0.4, 0.5) is 0 Å². The summed E-state index contributed by atoms with van der Waals surface area (Å²) in [5.74, 6) is -1.45. The molecule has 2 aromatic rings. The minimum absolute atomic E-state index is 0.318. The maximum Gasteiger partial charge on any atom is 0.328 e. The normalized spacial score (nSPS) is 10.9. The molecule has 0 bridgehead atoms. The fourth-order valence-corrected chi connectivity index (χ4v) is 2.19. The number of fused-ring (bicyclic) bond motifs is 1. The van der Waals surface area contributed by atoms with E-state index in [4.69, 9.17) is 5.11 Å². The average molecular weight is 305 g/mol. The lowest BCUT2D eigenvalue weighted by Gasteiger charge is -2.05. The third-order valence-electron chi connectivity index (χ3n) is 2.51. The van der Waals surface area contributed by atoms with Gasteiger partial charge < -0.3 is 5.11 Å². The minimum atomic E-state index is -1.13. The largest absolute Gasteiger partial charge is 0.478 e. The highest BCUT2D eigenvalue weighted by Gasteiger charge is 2.09. The van der Waals surface area contributed by atoms with Crippen LogP contribution in [0.1, 0.15) is 10.4 Å². The van der Waals surface area contributed by atoms with E-state index in [1.807, 2.05) is 24.3 Å². The van der Waals surface area contributed by atoms with Crippen molar-refractivity contribution in [1.82, 2.24) is 0 Å². The number of benzene rings is 2.